The van der Waals surface area contributed by atoms with Crippen molar-refractivity contribution in [3.8, 4) is 0 Å². The molecule has 1 unspecified atom stereocenters. The minimum Gasteiger partial charge on any atom is -0.318 e. The number of nitrogens with two attached hydrogens (primary N) is 1. The van der Waals surface area contributed by atoms with Gasteiger partial charge in [-0.1, -0.05) is 28.5 Å². The molecule has 0 aliphatic heterocycles. The summed E-state index contributed by atoms with van der Waals surface area (Å²) in [6, 6.07) is 0. The maximum Gasteiger partial charge on any atom is 0.0749 e. The second kappa shape index (κ2) is 6.08. The van der Waals surface area contributed by atoms with Gasteiger partial charge in [-0.15, -0.1) is 11.6 Å². The van der Waals surface area contributed by atoms with Crippen LogP contribution in [-0.2, 0) is 0 Å². The fourth-order valence-electron chi connectivity index (χ4n) is 0.181. The van der Waals surface area contributed by atoms with E-state index in [1.807, 2.05) is 0 Å². The largest absolute Gasteiger partial charge is 0.318 e. The Hall–Kier alpha value is 0.950. The van der Waals surface area contributed by atoms with Crippen LogP contribution in [0, 0.1) is 0 Å². The quantitative estimate of drug-likeness (QED) is 0.398. The van der Waals surface area contributed by atoms with E-state index in [0.29, 0.717) is 5.88 Å². The van der Waals surface area contributed by atoms with E-state index >= 15 is 0 Å². The molecule has 1 nitrogen and oxygen atoms in total. The Bertz CT molecular complexity index is 53.3. The van der Waals surface area contributed by atoms with Crippen molar-refractivity contribution in [3.05, 3.63) is 0 Å². The Labute approximate surface area is 63.1 Å². The molecule has 2 N–H and O–H groups in total. The van der Waals surface area contributed by atoms with Crippen molar-refractivity contribution < 1.29 is 0 Å². The molecule has 0 aliphatic carbocycles. The van der Waals surface area contributed by atoms with Gasteiger partial charge in [0.2, 0.25) is 0 Å². The summed E-state index contributed by atoms with van der Waals surface area (Å²) in [4.78, 5) is 0. The van der Waals surface area contributed by atoms with Crippen LogP contribution >= 0.6 is 33.2 Å². The monoisotopic (exact) mass is 171 g/mol. The lowest BCUT2D eigenvalue weighted by Gasteiger charge is -2.02. The molecule has 0 aromatic heterocycles. The van der Waals surface area contributed by atoms with Gasteiger partial charge in [0.25, 0.3) is 0 Å². The van der Waals surface area contributed by atoms with Crippen LogP contribution in [-0.4, -0.2) is 17.0 Å². The first-order valence-electron chi connectivity index (χ1n) is 2.41. The smallest absolute Gasteiger partial charge is 0.0749 e. The highest BCUT2D eigenvalue weighted by Crippen LogP contribution is 2.23. The van der Waals surface area contributed by atoms with E-state index in [1.165, 1.54) is 0 Å². The molecule has 0 spiro atoms. The van der Waals surface area contributed by atoms with Crippen molar-refractivity contribution in [1.29, 1.82) is 0 Å². The minimum absolute atomic E-state index is 0.0987. The standard InChI is InChI=1S/C4H10ClNS2/c1-2-7-8-4(6)3-5/h4H,2-3,6H2,1H3. The molecule has 0 saturated carbocycles. The Balaban J connectivity index is 2.86. The van der Waals surface area contributed by atoms with Gasteiger partial charge in [-0.05, 0) is 0 Å². The summed E-state index contributed by atoms with van der Waals surface area (Å²) in [5.74, 6) is 1.63. The summed E-state index contributed by atoms with van der Waals surface area (Å²) in [6.07, 6.45) is 0. The van der Waals surface area contributed by atoms with Gasteiger partial charge in [0.1, 0.15) is 0 Å². The van der Waals surface area contributed by atoms with Gasteiger partial charge < -0.3 is 5.73 Å². The van der Waals surface area contributed by atoms with Gasteiger partial charge in [-0.3, -0.25) is 0 Å². The summed E-state index contributed by atoms with van der Waals surface area (Å²) in [7, 11) is 3.39. The highest BCUT2D eigenvalue weighted by Gasteiger charge is 1.97. The van der Waals surface area contributed by atoms with E-state index in [-0.39, 0.29) is 5.37 Å². The molecule has 0 aromatic carbocycles. The molecular formula is C4H10ClNS2. The Kier molecular flexibility index (Phi) is 6.80. The van der Waals surface area contributed by atoms with Crippen molar-refractivity contribution in [3.63, 3.8) is 0 Å². The highest BCUT2D eigenvalue weighted by atomic mass is 35.5. The SMILES string of the molecule is CCSSC(N)CCl. The molecule has 0 fully saturated rings. The summed E-state index contributed by atoms with van der Waals surface area (Å²) in [6.45, 7) is 2.10. The zero-order valence-corrected chi connectivity index (χ0v) is 7.15. The van der Waals surface area contributed by atoms with Crippen LogP contribution in [0.1, 0.15) is 6.92 Å². The third-order valence-corrected chi connectivity index (χ3v) is 3.62. The number of rotatable bonds is 4. The number of hydrogen-bond acceptors (Lipinski definition) is 3. The number of halogens is 1. The molecular weight excluding hydrogens is 162 g/mol. The molecule has 1 atom stereocenters. The lowest BCUT2D eigenvalue weighted by atomic mass is 10.8. The van der Waals surface area contributed by atoms with Crippen molar-refractivity contribution in [2.24, 2.45) is 5.73 Å². The lowest BCUT2D eigenvalue weighted by Crippen LogP contribution is -2.15. The van der Waals surface area contributed by atoms with E-state index in [0.717, 1.165) is 5.75 Å². The molecule has 8 heavy (non-hydrogen) atoms. The molecule has 0 radical (unpaired) electrons. The molecule has 0 aliphatic rings. The number of hydrogen-bond donors (Lipinski definition) is 1. The highest BCUT2D eigenvalue weighted by molar-refractivity contribution is 8.76. The summed E-state index contributed by atoms with van der Waals surface area (Å²) >= 11 is 5.43. The molecule has 50 valence electrons. The molecule has 0 rings (SSSR count). The van der Waals surface area contributed by atoms with Crippen LogP contribution in [0.4, 0.5) is 0 Å². The van der Waals surface area contributed by atoms with Crippen molar-refractivity contribution in [2.75, 3.05) is 11.6 Å². The summed E-state index contributed by atoms with van der Waals surface area (Å²) in [5.41, 5.74) is 5.47. The first-order chi connectivity index (χ1) is 3.81. The molecule has 4 heteroatoms. The van der Waals surface area contributed by atoms with Gasteiger partial charge in [-0.25, -0.2) is 0 Å². The predicted molar refractivity (Wildman–Crippen MR) is 44.4 cm³/mol. The van der Waals surface area contributed by atoms with Gasteiger partial charge in [0.05, 0.1) is 5.37 Å². The second-order valence-electron chi connectivity index (χ2n) is 1.20. The van der Waals surface area contributed by atoms with Crippen molar-refractivity contribution >= 4 is 33.2 Å². The molecule has 0 heterocycles. The molecule has 0 amide bonds. The molecule has 0 bridgehead atoms. The third-order valence-electron chi connectivity index (χ3n) is 0.462. The van der Waals surface area contributed by atoms with Gasteiger partial charge >= 0.3 is 0 Å². The first-order valence-corrected chi connectivity index (χ1v) is 5.32. The number of alkyl halides is 1. The van der Waals surface area contributed by atoms with E-state index < -0.39 is 0 Å². The molecule has 0 aromatic rings. The van der Waals surface area contributed by atoms with Gasteiger partial charge in [0, 0.05) is 11.6 Å². The van der Waals surface area contributed by atoms with Crippen LogP contribution in [0.5, 0.6) is 0 Å². The average Bonchev–Trinajstić information content (AvgIpc) is 1.83. The van der Waals surface area contributed by atoms with E-state index in [2.05, 4.69) is 6.92 Å². The normalized spacial score (nSPS) is 13.9. The Morgan fingerprint density at radius 1 is 1.75 bits per heavy atom. The zero-order chi connectivity index (χ0) is 6.41. The first kappa shape index (κ1) is 8.95. The summed E-state index contributed by atoms with van der Waals surface area (Å²) < 4.78 is 0. The van der Waals surface area contributed by atoms with E-state index in [9.17, 15) is 0 Å². The van der Waals surface area contributed by atoms with Crippen LogP contribution < -0.4 is 5.73 Å². The fourth-order valence-corrected chi connectivity index (χ4v) is 2.09. The molecule has 0 saturated heterocycles. The second-order valence-corrected chi connectivity index (χ2v) is 4.40. The fraction of sp³-hybridized carbons (Fsp3) is 1.00. The van der Waals surface area contributed by atoms with Crippen LogP contribution in [0.15, 0.2) is 0 Å². The van der Waals surface area contributed by atoms with Crippen LogP contribution in [0.25, 0.3) is 0 Å². The lowest BCUT2D eigenvalue weighted by molar-refractivity contribution is 1.06. The Morgan fingerprint density at radius 3 is 2.75 bits per heavy atom. The van der Waals surface area contributed by atoms with Crippen molar-refractivity contribution in [1.82, 2.24) is 0 Å². The third kappa shape index (κ3) is 5.09. The van der Waals surface area contributed by atoms with Gasteiger partial charge in [0.15, 0.2) is 0 Å². The van der Waals surface area contributed by atoms with Gasteiger partial charge in [-0.2, -0.15) is 0 Å². The van der Waals surface area contributed by atoms with E-state index in [4.69, 9.17) is 17.3 Å². The minimum atomic E-state index is 0.0987. The zero-order valence-electron chi connectivity index (χ0n) is 4.76. The maximum absolute atomic E-state index is 5.47. The average molecular weight is 172 g/mol. The van der Waals surface area contributed by atoms with Crippen LogP contribution in [0.3, 0.4) is 0 Å². The topological polar surface area (TPSA) is 26.0 Å². The Morgan fingerprint density at radius 2 is 2.38 bits per heavy atom. The van der Waals surface area contributed by atoms with E-state index in [1.54, 1.807) is 21.6 Å². The summed E-state index contributed by atoms with van der Waals surface area (Å²) in [5, 5.41) is 0.0987. The van der Waals surface area contributed by atoms with Crippen LogP contribution in [0.2, 0.25) is 0 Å². The maximum atomic E-state index is 5.47. The van der Waals surface area contributed by atoms with Crippen molar-refractivity contribution in [2.45, 2.75) is 12.3 Å². The predicted octanol–water partition coefficient (Wildman–Crippen LogP) is 1.91.